The van der Waals surface area contributed by atoms with Crippen molar-refractivity contribution in [1.29, 1.82) is 0 Å². The standard InChI is InChI=1S/C42H72O36/c43-1-8-15(49)17(51)25(59)38(68-8)75-33-12(5-47)71-40(28(62)21(33)55)77-32-11(4-46)70-37(27(61)20(32)54)66-7-14-35(23(57)30(64)42(73-14)74-31-10(3-45)67-36(65)24(58)19(31)53)78-41-29(63)22(56)34(13(6-48)72-41)76-39-26(60)18(52)16(50)9(2-44)69-39/h8-65H,1-7H2/t8?,9?,10?,11?,12?,13?,14?,15-,16-,17+,18+,19-,20-,21-,22-,23-,24?,25?,26?,27?,28?,29?,30?,31-,32-,33-,34-,35-,36?,37+,38-,39-,40-,41-,42-/m1/s1. The third-order valence-electron chi connectivity index (χ3n) is 14.5. The van der Waals surface area contributed by atoms with Crippen molar-refractivity contribution in [2.45, 2.75) is 215 Å². The van der Waals surface area contributed by atoms with E-state index in [0.717, 1.165) is 0 Å². The largest absolute Gasteiger partial charge is 0.394 e. The van der Waals surface area contributed by atoms with Crippen LogP contribution in [-0.2, 0) is 61.6 Å². The maximum Gasteiger partial charge on any atom is 0.187 e. The lowest BCUT2D eigenvalue weighted by Crippen LogP contribution is -2.68. The Hall–Kier alpha value is -1.44. The average molecular weight is 1150 g/mol. The van der Waals surface area contributed by atoms with Crippen molar-refractivity contribution in [3.63, 3.8) is 0 Å². The highest BCUT2D eigenvalue weighted by Gasteiger charge is 2.58. The van der Waals surface area contributed by atoms with E-state index in [1.54, 1.807) is 0 Å². The van der Waals surface area contributed by atoms with Crippen LogP contribution in [0.3, 0.4) is 0 Å². The van der Waals surface area contributed by atoms with Crippen molar-refractivity contribution < 1.29 is 179 Å². The minimum Gasteiger partial charge on any atom is -0.394 e. The fourth-order valence-electron chi connectivity index (χ4n) is 9.90. The van der Waals surface area contributed by atoms with Gasteiger partial charge in [0.1, 0.15) is 171 Å². The summed E-state index contributed by atoms with van der Waals surface area (Å²) in [4.78, 5) is 0. The fourth-order valence-corrected chi connectivity index (χ4v) is 9.90. The van der Waals surface area contributed by atoms with Gasteiger partial charge in [0.25, 0.3) is 0 Å². The van der Waals surface area contributed by atoms with E-state index < -0.39 is 261 Å². The number of aliphatic hydroxyl groups excluding tert-OH is 23. The van der Waals surface area contributed by atoms with E-state index in [1.807, 2.05) is 0 Å². The van der Waals surface area contributed by atoms with Crippen molar-refractivity contribution in [3.8, 4) is 0 Å². The summed E-state index contributed by atoms with van der Waals surface area (Å²) in [5.74, 6) is 0. The lowest BCUT2D eigenvalue weighted by atomic mass is 9.95. The molecule has 7 rings (SSSR count). The molecule has 0 aromatic carbocycles. The van der Waals surface area contributed by atoms with Crippen molar-refractivity contribution in [3.05, 3.63) is 0 Å². The first-order valence-electron chi connectivity index (χ1n) is 24.7. The van der Waals surface area contributed by atoms with Crippen molar-refractivity contribution in [2.24, 2.45) is 0 Å². The Kier molecular flexibility index (Phi) is 22.6. The van der Waals surface area contributed by atoms with Gasteiger partial charge >= 0.3 is 0 Å². The maximum atomic E-state index is 11.6. The fraction of sp³-hybridized carbons (Fsp3) is 1.00. The molecule has 36 nitrogen and oxygen atoms in total. The first kappa shape index (κ1) is 64.1. The van der Waals surface area contributed by atoms with Gasteiger partial charge in [-0.15, -0.1) is 0 Å². The van der Waals surface area contributed by atoms with Gasteiger partial charge in [0, 0.05) is 0 Å². The summed E-state index contributed by atoms with van der Waals surface area (Å²) < 4.78 is 72.6. The second-order valence-corrected chi connectivity index (χ2v) is 19.6. The lowest BCUT2D eigenvalue weighted by Gasteiger charge is -2.49. The van der Waals surface area contributed by atoms with Crippen molar-refractivity contribution in [1.82, 2.24) is 0 Å². The van der Waals surface area contributed by atoms with Crippen molar-refractivity contribution >= 4 is 0 Å². The summed E-state index contributed by atoms with van der Waals surface area (Å²) in [7, 11) is 0. The van der Waals surface area contributed by atoms with Crippen LogP contribution in [0.1, 0.15) is 0 Å². The average Bonchev–Trinajstić information content (AvgIpc) is 3.44. The molecule has 36 heteroatoms. The van der Waals surface area contributed by atoms with Gasteiger partial charge in [-0.05, 0) is 0 Å². The second kappa shape index (κ2) is 27.5. The molecule has 0 radical (unpaired) electrons. The highest BCUT2D eigenvalue weighted by Crippen LogP contribution is 2.37. The van der Waals surface area contributed by atoms with Gasteiger partial charge in [0.05, 0.1) is 46.2 Å². The van der Waals surface area contributed by atoms with E-state index in [2.05, 4.69) is 0 Å². The molecule has 7 aliphatic heterocycles. The van der Waals surface area contributed by atoms with Crippen LogP contribution in [0.4, 0.5) is 0 Å². The maximum absolute atomic E-state index is 11.6. The number of rotatable bonds is 19. The van der Waals surface area contributed by atoms with Gasteiger partial charge < -0.3 is 179 Å². The summed E-state index contributed by atoms with van der Waals surface area (Å²) >= 11 is 0. The van der Waals surface area contributed by atoms with Crippen molar-refractivity contribution in [2.75, 3.05) is 46.2 Å². The molecule has 78 heavy (non-hydrogen) atoms. The third-order valence-corrected chi connectivity index (χ3v) is 14.5. The molecule has 7 fully saturated rings. The molecule has 0 aromatic heterocycles. The van der Waals surface area contributed by atoms with Crippen LogP contribution < -0.4 is 0 Å². The summed E-state index contributed by atoms with van der Waals surface area (Å²) in [5.41, 5.74) is 0. The van der Waals surface area contributed by atoms with Gasteiger partial charge in [-0.3, -0.25) is 0 Å². The van der Waals surface area contributed by atoms with E-state index >= 15 is 0 Å². The lowest BCUT2D eigenvalue weighted by molar-refractivity contribution is -0.394. The summed E-state index contributed by atoms with van der Waals surface area (Å²) in [6.45, 7) is -6.83. The van der Waals surface area contributed by atoms with Crippen LogP contribution in [0.5, 0.6) is 0 Å². The highest BCUT2D eigenvalue weighted by atomic mass is 16.8. The molecular formula is C42H72O36. The molecule has 0 aliphatic carbocycles. The highest BCUT2D eigenvalue weighted by molar-refractivity contribution is 5.00. The Labute approximate surface area is 439 Å². The second-order valence-electron chi connectivity index (χ2n) is 19.6. The zero-order valence-electron chi connectivity index (χ0n) is 40.8. The van der Waals surface area contributed by atoms with Gasteiger partial charge in [0.15, 0.2) is 44.0 Å². The van der Waals surface area contributed by atoms with Crippen LogP contribution in [0.2, 0.25) is 0 Å². The zero-order chi connectivity index (χ0) is 57.3. The van der Waals surface area contributed by atoms with Crippen LogP contribution in [0, 0.1) is 0 Å². The molecule has 7 heterocycles. The molecule has 35 atom stereocenters. The molecule has 0 aromatic rings. The Morgan fingerprint density at radius 1 is 0.218 bits per heavy atom. The SMILES string of the molecule is OCC1O[C@H](O[C@@H]2C(CO)O[C@H](O[C@@H]3C(CO[C@H]4OC(CO)[C@@H](O[C@H]5OC(CO)[C@@H](O[C@H]6OC(CO)[C@@H](O)[C@H](O)C6O)[C@H](O)C5O)[C@H](O)C4O)O[C@H](O[C@@H]4C(CO)OC(O)C(O)[C@H]4O)C(O)[C@H]3O)C(O)[C@H]2O)C(O)[C@@H](O)[C@@H]1O. The van der Waals surface area contributed by atoms with Gasteiger partial charge in [-0.25, -0.2) is 0 Å². The van der Waals surface area contributed by atoms with Gasteiger partial charge in [0.2, 0.25) is 0 Å². The van der Waals surface area contributed by atoms with Gasteiger partial charge in [-0.2, -0.15) is 0 Å². The van der Waals surface area contributed by atoms with Gasteiger partial charge in [-0.1, -0.05) is 0 Å². The van der Waals surface area contributed by atoms with E-state index in [4.69, 9.17) is 61.6 Å². The summed E-state index contributed by atoms with van der Waals surface area (Å²) in [6.07, 6.45) is -68.4. The molecule has 456 valence electrons. The van der Waals surface area contributed by atoms with Crippen LogP contribution in [-0.4, -0.2) is 379 Å². The Morgan fingerprint density at radius 3 is 0.769 bits per heavy atom. The number of hydrogen-bond donors (Lipinski definition) is 23. The summed E-state index contributed by atoms with van der Waals surface area (Å²) in [5, 5.41) is 243. The van der Waals surface area contributed by atoms with Crippen LogP contribution in [0.15, 0.2) is 0 Å². The topological polar surface area (TPSA) is 585 Å². The summed E-state index contributed by atoms with van der Waals surface area (Å²) in [6, 6.07) is 0. The normalized spacial score (nSPS) is 53.5. The first-order valence-corrected chi connectivity index (χ1v) is 24.7. The van der Waals surface area contributed by atoms with E-state index in [-0.39, 0.29) is 0 Å². The Bertz CT molecular complexity index is 1810. The number of hydrogen-bond acceptors (Lipinski definition) is 36. The van der Waals surface area contributed by atoms with Crippen LogP contribution in [0.25, 0.3) is 0 Å². The molecular weight excluding hydrogens is 1080 g/mol. The molecule has 7 saturated heterocycles. The Morgan fingerprint density at radius 2 is 0.449 bits per heavy atom. The molecule has 0 spiro atoms. The number of aliphatic hydroxyl groups is 23. The predicted octanol–water partition coefficient (Wildman–Crippen LogP) is -16.3. The molecule has 23 N–H and O–H groups in total. The molecule has 15 unspecified atom stereocenters. The zero-order valence-corrected chi connectivity index (χ0v) is 40.8. The number of ether oxygens (including phenoxy) is 13. The quantitative estimate of drug-likeness (QED) is 0.0571. The monoisotopic (exact) mass is 1150 g/mol. The van der Waals surface area contributed by atoms with Crippen LogP contribution >= 0.6 is 0 Å². The Balaban J connectivity index is 1.06. The molecule has 0 bridgehead atoms. The van der Waals surface area contributed by atoms with E-state index in [0.29, 0.717) is 0 Å². The minimum atomic E-state index is -2.28. The molecule has 0 amide bonds. The predicted molar refractivity (Wildman–Crippen MR) is 232 cm³/mol. The van der Waals surface area contributed by atoms with E-state index in [9.17, 15) is 117 Å². The first-order chi connectivity index (χ1) is 37.0. The van der Waals surface area contributed by atoms with E-state index in [1.165, 1.54) is 0 Å². The minimum absolute atomic E-state index is 0.855. The smallest absolute Gasteiger partial charge is 0.187 e. The molecule has 7 aliphatic rings. The molecule has 0 saturated carbocycles. The third kappa shape index (κ3) is 13.1.